The molecule has 1 aliphatic heterocycles. The number of anilines is 2. The summed E-state index contributed by atoms with van der Waals surface area (Å²) in [7, 11) is 3.02. The number of amides is 2. The molecule has 3 rings (SSSR count). The van der Waals surface area contributed by atoms with Gasteiger partial charge >= 0.3 is 0 Å². The van der Waals surface area contributed by atoms with E-state index in [0.29, 0.717) is 48.9 Å². The zero-order chi connectivity index (χ0) is 24.5. The van der Waals surface area contributed by atoms with Crippen LogP contribution in [0.2, 0.25) is 0 Å². The summed E-state index contributed by atoms with van der Waals surface area (Å²) < 4.78 is 30.4. The van der Waals surface area contributed by atoms with Gasteiger partial charge in [-0.1, -0.05) is 6.08 Å². The van der Waals surface area contributed by atoms with Crippen LogP contribution in [0.5, 0.6) is 11.5 Å². The SMILES string of the molecule is C=CCc1cc(C(=O)Nc2ccc(F)c(NC(=O)CCN3CCOCC3)c2)cc(OC)c1OC. The number of rotatable bonds is 10. The topological polar surface area (TPSA) is 89.1 Å². The maximum absolute atomic E-state index is 14.3. The van der Waals surface area contributed by atoms with Crippen molar-refractivity contribution in [2.45, 2.75) is 12.8 Å². The van der Waals surface area contributed by atoms with Gasteiger partial charge in [0.05, 0.1) is 33.1 Å². The van der Waals surface area contributed by atoms with Crippen LogP contribution in [-0.4, -0.2) is 63.8 Å². The van der Waals surface area contributed by atoms with Gasteiger partial charge in [0.15, 0.2) is 11.5 Å². The van der Waals surface area contributed by atoms with Gasteiger partial charge in [0.1, 0.15) is 5.82 Å². The van der Waals surface area contributed by atoms with E-state index >= 15 is 0 Å². The van der Waals surface area contributed by atoms with Crippen molar-refractivity contribution in [1.29, 1.82) is 0 Å². The average Bonchev–Trinajstić information content (AvgIpc) is 2.85. The third-order valence-electron chi connectivity index (χ3n) is 5.44. The molecule has 0 aliphatic carbocycles. The van der Waals surface area contributed by atoms with Crippen molar-refractivity contribution in [2.24, 2.45) is 0 Å². The van der Waals surface area contributed by atoms with E-state index in [1.165, 1.54) is 32.4 Å². The van der Waals surface area contributed by atoms with Crippen molar-refractivity contribution in [3.8, 4) is 11.5 Å². The van der Waals surface area contributed by atoms with Gasteiger partial charge in [-0.2, -0.15) is 0 Å². The summed E-state index contributed by atoms with van der Waals surface area (Å²) in [6, 6.07) is 7.28. The Kier molecular flexibility index (Phi) is 9.00. The second-order valence-electron chi connectivity index (χ2n) is 7.76. The first kappa shape index (κ1) is 25.2. The smallest absolute Gasteiger partial charge is 0.255 e. The van der Waals surface area contributed by atoms with Crippen molar-refractivity contribution in [2.75, 3.05) is 57.7 Å². The molecule has 2 amide bonds. The first-order valence-corrected chi connectivity index (χ1v) is 11.0. The Morgan fingerprint density at radius 1 is 1.15 bits per heavy atom. The predicted molar refractivity (Wildman–Crippen MR) is 128 cm³/mol. The van der Waals surface area contributed by atoms with Crippen LogP contribution in [0.15, 0.2) is 43.0 Å². The quantitative estimate of drug-likeness (QED) is 0.516. The molecule has 8 nitrogen and oxygen atoms in total. The van der Waals surface area contributed by atoms with E-state index < -0.39 is 11.7 Å². The molecule has 0 atom stereocenters. The van der Waals surface area contributed by atoms with Gasteiger partial charge in [0.25, 0.3) is 5.91 Å². The van der Waals surface area contributed by atoms with Gasteiger partial charge in [-0.3, -0.25) is 14.5 Å². The molecule has 9 heteroatoms. The van der Waals surface area contributed by atoms with Gasteiger partial charge in [-0.25, -0.2) is 4.39 Å². The summed E-state index contributed by atoms with van der Waals surface area (Å²) in [5.74, 6) is -0.357. The first-order valence-electron chi connectivity index (χ1n) is 11.0. The molecule has 0 bridgehead atoms. The average molecular weight is 472 g/mol. The highest BCUT2D eigenvalue weighted by atomic mass is 19.1. The lowest BCUT2D eigenvalue weighted by Crippen LogP contribution is -2.38. The van der Waals surface area contributed by atoms with Crippen LogP contribution in [0, 0.1) is 5.82 Å². The third kappa shape index (κ3) is 6.55. The summed E-state index contributed by atoms with van der Waals surface area (Å²) >= 11 is 0. The van der Waals surface area contributed by atoms with E-state index in [9.17, 15) is 14.0 Å². The highest BCUT2D eigenvalue weighted by Crippen LogP contribution is 2.33. The Morgan fingerprint density at radius 3 is 2.59 bits per heavy atom. The van der Waals surface area contributed by atoms with Crippen molar-refractivity contribution in [3.05, 3.63) is 59.9 Å². The maximum atomic E-state index is 14.3. The highest BCUT2D eigenvalue weighted by Gasteiger charge is 2.17. The van der Waals surface area contributed by atoms with E-state index in [2.05, 4.69) is 22.1 Å². The van der Waals surface area contributed by atoms with Gasteiger partial charge in [-0.15, -0.1) is 6.58 Å². The van der Waals surface area contributed by atoms with Crippen molar-refractivity contribution in [1.82, 2.24) is 4.90 Å². The van der Waals surface area contributed by atoms with Crippen LogP contribution in [0.1, 0.15) is 22.3 Å². The summed E-state index contributed by atoms with van der Waals surface area (Å²) in [6.07, 6.45) is 2.42. The standard InChI is InChI=1S/C25H30FN3O5/c1-4-5-17-14-18(15-22(32-2)24(17)33-3)25(31)27-19-6-7-20(26)21(16-19)28-23(30)8-9-29-10-12-34-13-11-29/h4,6-7,14-16H,1,5,8-13H2,2-3H3,(H,27,31)(H,28,30). The Labute approximate surface area is 198 Å². The summed E-state index contributed by atoms with van der Waals surface area (Å²) in [5, 5.41) is 5.33. The number of methoxy groups -OCH3 is 2. The summed E-state index contributed by atoms with van der Waals surface area (Å²) in [6.45, 7) is 7.14. The number of hydrogen-bond acceptors (Lipinski definition) is 6. The molecule has 0 aromatic heterocycles. The van der Waals surface area contributed by atoms with Crippen LogP contribution in [0.4, 0.5) is 15.8 Å². The van der Waals surface area contributed by atoms with Gasteiger partial charge in [0, 0.05) is 42.9 Å². The highest BCUT2D eigenvalue weighted by molar-refractivity contribution is 6.05. The zero-order valence-corrected chi connectivity index (χ0v) is 19.5. The molecule has 1 fully saturated rings. The normalized spacial score (nSPS) is 13.7. The molecule has 182 valence electrons. The number of benzene rings is 2. The fourth-order valence-electron chi connectivity index (χ4n) is 3.68. The monoisotopic (exact) mass is 471 g/mol. The number of halogens is 1. The minimum Gasteiger partial charge on any atom is -0.493 e. The first-order chi connectivity index (χ1) is 16.4. The van der Waals surface area contributed by atoms with Crippen LogP contribution in [-0.2, 0) is 16.0 Å². The Balaban J connectivity index is 1.69. The maximum Gasteiger partial charge on any atom is 0.255 e. The second-order valence-corrected chi connectivity index (χ2v) is 7.76. The predicted octanol–water partition coefficient (Wildman–Crippen LogP) is 3.48. The van der Waals surface area contributed by atoms with Crippen LogP contribution < -0.4 is 20.1 Å². The van der Waals surface area contributed by atoms with Crippen LogP contribution in [0.25, 0.3) is 0 Å². The molecular formula is C25H30FN3O5. The number of morpholine rings is 1. The number of allylic oxidation sites excluding steroid dienone is 1. The summed E-state index contributed by atoms with van der Waals surface area (Å²) in [5.41, 5.74) is 1.43. The van der Waals surface area contributed by atoms with Gasteiger partial charge < -0.3 is 24.8 Å². The van der Waals surface area contributed by atoms with E-state index in [-0.39, 0.29) is 18.0 Å². The van der Waals surface area contributed by atoms with E-state index in [1.807, 2.05) is 0 Å². The van der Waals surface area contributed by atoms with Crippen molar-refractivity contribution >= 4 is 23.2 Å². The van der Waals surface area contributed by atoms with E-state index in [4.69, 9.17) is 14.2 Å². The third-order valence-corrected chi connectivity index (χ3v) is 5.44. The van der Waals surface area contributed by atoms with E-state index in [1.54, 1.807) is 18.2 Å². The Morgan fingerprint density at radius 2 is 1.91 bits per heavy atom. The second kappa shape index (κ2) is 12.2. The molecule has 0 spiro atoms. The lowest BCUT2D eigenvalue weighted by Gasteiger charge is -2.26. The van der Waals surface area contributed by atoms with Crippen molar-refractivity contribution < 1.29 is 28.2 Å². The largest absolute Gasteiger partial charge is 0.493 e. The number of nitrogens with one attached hydrogen (secondary N) is 2. The molecule has 1 saturated heterocycles. The molecule has 34 heavy (non-hydrogen) atoms. The fourth-order valence-corrected chi connectivity index (χ4v) is 3.68. The number of hydrogen-bond donors (Lipinski definition) is 2. The van der Waals surface area contributed by atoms with Gasteiger partial charge in [-0.05, 0) is 36.8 Å². The Bertz CT molecular complexity index is 1040. The van der Waals surface area contributed by atoms with Gasteiger partial charge in [0.2, 0.25) is 5.91 Å². The molecule has 2 aromatic rings. The molecule has 1 heterocycles. The van der Waals surface area contributed by atoms with Crippen LogP contribution >= 0.6 is 0 Å². The molecule has 2 N–H and O–H groups in total. The lowest BCUT2D eigenvalue weighted by molar-refractivity contribution is -0.116. The molecule has 0 saturated carbocycles. The molecule has 2 aromatic carbocycles. The molecule has 0 radical (unpaired) electrons. The lowest BCUT2D eigenvalue weighted by atomic mass is 10.0. The van der Waals surface area contributed by atoms with Crippen molar-refractivity contribution in [3.63, 3.8) is 0 Å². The molecule has 1 aliphatic rings. The minimum absolute atomic E-state index is 0.00411. The zero-order valence-electron chi connectivity index (χ0n) is 19.5. The molecular weight excluding hydrogens is 441 g/mol. The molecule has 0 unspecified atom stereocenters. The number of carbonyl (C=O) groups excluding carboxylic acids is 2. The number of carbonyl (C=O) groups is 2. The fraction of sp³-hybridized carbons (Fsp3) is 0.360. The van der Waals surface area contributed by atoms with E-state index in [0.717, 1.165) is 18.7 Å². The Hall–Kier alpha value is -3.43. The number of ether oxygens (including phenoxy) is 3. The minimum atomic E-state index is -0.586. The van der Waals surface area contributed by atoms with Crippen LogP contribution in [0.3, 0.4) is 0 Å². The number of nitrogens with zero attached hydrogens (tertiary/aromatic N) is 1. The summed E-state index contributed by atoms with van der Waals surface area (Å²) in [4.78, 5) is 27.4.